The molecule has 0 radical (unpaired) electrons. The molecular weight excluding hydrogens is 388 g/mol. The van der Waals surface area contributed by atoms with Crippen molar-refractivity contribution in [3.8, 4) is 5.75 Å². The zero-order chi connectivity index (χ0) is 21.8. The minimum Gasteiger partial charge on any atom is -0.497 e. The van der Waals surface area contributed by atoms with Crippen molar-refractivity contribution in [1.82, 2.24) is 9.97 Å². The number of ketones is 1. The average molecular weight is 412 g/mol. The van der Waals surface area contributed by atoms with E-state index in [-0.39, 0.29) is 11.6 Å². The number of aromatic amines is 1. The van der Waals surface area contributed by atoms with Gasteiger partial charge < -0.3 is 15.5 Å². The van der Waals surface area contributed by atoms with Gasteiger partial charge in [0.2, 0.25) is 0 Å². The first-order chi connectivity index (χ1) is 15.0. The van der Waals surface area contributed by atoms with Gasteiger partial charge in [0.15, 0.2) is 0 Å². The molecule has 0 spiro atoms. The van der Waals surface area contributed by atoms with Crippen LogP contribution in [0, 0.1) is 5.41 Å². The Hall–Kier alpha value is -3.93. The minimum atomic E-state index is 0.0475. The summed E-state index contributed by atoms with van der Waals surface area (Å²) in [6, 6.07) is 17.5. The van der Waals surface area contributed by atoms with E-state index in [2.05, 4.69) is 9.97 Å². The van der Waals surface area contributed by atoms with E-state index in [1.807, 2.05) is 54.6 Å². The zero-order valence-electron chi connectivity index (χ0n) is 17.3. The molecule has 0 unspecified atom stereocenters. The van der Waals surface area contributed by atoms with Crippen LogP contribution in [0.25, 0.3) is 10.8 Å². The summed E-state index contributed by atoms with van der Waals surface area (Å²) in [5.74, 6) is 0.929. The Balaban J connectivity index is 1.49. The monoisotopic (exact) mass is 412 g/mol. The van der Waals surface area contributed by atoms with Crippen LogP contribution in [0.3, 0.4) is 0 Å². The molecule has 0 amide bonds. The second-order valence-electron chi connectivity index (χ2n) is 7.65. The van der Waals surface area contributed by atoms with Gasteiger partial charge in [-0.05, 0) is 45.7 Å². The normalized spacial score (nSPS) is 10.9. The van der Waals surface area contributed by atoms with Crippen LogP contribution < -0.4 is 10.5 Å². The van der Waals surface area contributed by atoms with E-state index in [4.69, 9.17) is 15.9 Å². The van der Waals surface area contributed by atoms with Crippen LogP contribution in [0.15, 0.2) is 67.1 Å². The quantitative estimate of drug-likeness (QED) is 0.302. The lowest BCUT2D eigenvalue weighted by atomic mass is 9.97. The first-order valence-electron chi connectivity index (χ1n) is 10.0. The molecular formula is C25H24N4O2. The maximum Gasteiger partial charge on any atom is 0.141 e. The molecule has 6 heteroatoms. The summed E-state index contributed by atoms with van der Waals surface area (Å²) in [6.07, 6.45) is 4.85. The maximum atomic E-state index is 12.8. The predicted molar refractivity (Wildman–Crippen MR) is 122 cm³/mol. The van der Waals surface area contributed by atoms with Gasteiger partial charge in [-0.2, -0.15) is 0 Å². The number of nitrogens with zero attached hydrogens (tertiary/aromatic N) is 1. The lowest BCUT2D eigenvalue weighted by Crippen LogP contribution is -2.10. The Labute approximate surface area is 180 Å². The Morgan fingerprint density at radius 3 is 2.48 bits per heavy atom. The van der Waals surface area contributed by atoms with Gasteiger partial charge in [0.1, 0.15) is 17.4 Å². The molecule has 0 saturated heterocycles. The van der Waals surface area contributed by atoms with Gasteiger partial charge in [-0.15, -0.1) is 0 Å². The van der Waals surface area contributed by atoms with Crippen molar-refractivity contribution >= 4 is 22.4 Å². The smallest absolute Gasteiger partial charge is 0.141 e. The fraction of sp³-hybridized carbons (Fsp3) is 0.160. The molecule has 0 aliphatic rings. The van der Waals surface area contributed by atoms with Crippen LogP contribution >= 0.6 is 0 Å². The molecule has 3 aromatic carbocycles. The van der Waals surface area contributed by atoms with E-state index in [1.165, 1.54) is 0 Å². The molecule has 0 bridgehead atoms. The van der Waals surface area contributed by atoms with Gasteiger partial charge in [0, 0.05) is 36.7 Å². The third kappa shape index (κ3) is 4.98. The van der Waals surface area contributed by atoms with E-state index >= 15 is 0 Å². The topological polar surface area (TPSA) is 105 Å². The second-order valence-corrected chi connectivity index (χ2v) is 7.65. The molecule has 4 N–H and O–H groups in total. The summed E-state index contributed by atoms with van der Waals surface area (Å²) in [6.45, 7) is 0. The number of methoxy groups -OCH3 is 1. The van der Waals surface area contributed by atoms with Gasteiger partial charge >= 0.3 is 0 Å². The molecule has 1 heterocycles. The fourth-order valence-electron chi connectivity index (χ4n) is 3.74. The van der Waals surface area contributed by atoms with Gasteiger partial charge in [-0.1, -0.05) is 36.4 Å². The molecule has 0 aliphatic heterocycles. The van der Waals surface area contributed by atoms with Crippen molar-refractivity contribution in [3.63, 3.8) is 0 Å². The fourth-order valence-corrected chi connectivity index (χ4v) is 3.74. The van der Waals surface area contributed by atoms with Gasteiger partial charge in [-0.3, -0.25) is 10.2 Å². The van der Waals surface area contributed by atoms with Crippen LogP contribution in [-0.2, 0) is 24.1 Å². The van der Waals surface area contributed by atoms with Crippen molar-refractivity contribution in [2.75, 3.05) is 7.11 Å². The van der Waals surface area contributed by atoms with Gasteiger partial charge in [0.05, 0.1) is 13.4 Å². The third-order valence-electron chi connectivity index (χ3n) is 5.23. The SMILES string of the molecule is COc1cc(CC(=O)Cc2ccc3cc(C(=N)N)ccc3c2)cc(Cc2cnc[nH]2)c1. The number of ether oxygens (including phenoxy) is 1. The highest BCUT2D eigenvalue weighted by Gasteiger charge is 2.10. The number of nitrogens with one attached hydrogen (secondary N) is 2. The van der Waals surface area contributed by atoms with Gasteiger partial charge in [-0.25, -0.2) is 4.98 Å². The van der Waals surface area contributed by atoms with E-state index in [1.54, 1.807) is 19.6 Å². The highest BCUT2D eigenvalue weighted by molar-refractivity contribution is 5.99. The Bertz CT molecular complexity index is 1250. The summed E-state index contributed by atoms with van der Waals surface area (Å²) in [4.78, 5) is 19.9. The molecule has 0 saturated carbocycles. The molecule has 6 nitrogen and oxygen atoms in total. The first kappa shape index (κ1) is 20.3. The highest BCUT2D eigenvalue weighted by Crippen LogP contribution is 2.21. The molecule has 0 aliphatic carbocycles. The zero-order valence-corrected chi connectivity index (χ0v) is 17.3. The van der Waals surface area contributed by atoms with E-state index in [0.29, 0.717) is 24.8 Å². The summed E-state index contributed by atoms with van der Waals surface area (Å²) < 4.78 is 5.43. The van der Waals surface area contributed by atoms with Gasteiger partial charge in [0.25, 0.3) is 0 Å². The van der Waals surface area contributed by atoms with Crippen LogP contribution in [0.4, 0.5) is 0 Å². The third-order valence-corrected chi connectivity index (χ3v) is 5.23. The number of benzene rings is 3. The molecule has 4 rings (SSSR count). The number of rotatable bonds is 8. The number of nitrogen functional groups attached to an aromatic ring is 1. The molecule has 1 aromatic heterocycles. The second kappa shape index (κ2) is 8.83. The number of carbonyl (C=O) groups is 1. The van der Waals surface area contributed by atoms with E-state index in [0.717, 1.165) is 38.9 Å². The standard InChI is InChI=1S/C25H24N4O2/c1-31-24-11-17(8-22-14-28-15-29-22)6-18(12-24)10-23(30)9-16-2-3-20-13-21(25(26)27)5-4-19(20)7-16/h2-7,11-15H,8-10H2,1H3,(H3,26,27)(H,28,29). The van der Waals surface area contributed by atoms with E-state index < -0.39 is 0 Å². The van der Waals surface area contributed by atoms with Crippen LogP contribution in [0.5, 0.6) is 5.75 Å². The Kier molecular flexibility index (Phi) is 5.80. The molecule has 0 atom stereocenters. The van der Waals surface area contributed by atoms with Crippen molar-refractivity contribution < 1.29 is 9.53 Å². The Morgan fingerprint density at radius 1 is 1.00 bits per heavy atom. The molecule has 156 valence electrons. The summed E-state index contributed by atoms with van der Waals surface area (Å²) in [5, 5.41) is 9.60. The lowest BCUT2D eigenvalue weighted by Gasteiger charge is -2.09. The highest BCUT2D eigenvalue weighted by atomic mass is 16.5. The number of Topliss-reactive ketones (excluding diaryl/α,β-unsaturated/α-hetero) is 1. The number of hydrogen-bond donors (Lipinski definition) is 3. The number of imidazole rings is 1. The van der Waals surface area contributed by atoms with Crippen LogP contribution in [0.1, 0.15) is 27.9 Å². The molecule has 4 aromatic rings. The number of aromatic nitrogens is 2. The maximum absolute atomic E-state index is 12.8. The number of carbonyl (C=O) groups excluding carboxylic acids is 1. The average Bonchev–Trinajstić information content (AvgIpc) is 3.25. The Morgan fingerprint density at radius 2 is 1.74 bits per heavy atom. The van der Waals surface area contributed by atoms with Crippen molar-refractivity contribution in [2.24, 2.45) is 5.73 Å². The summed E-state index contributed by atoms with van der Waals surface area (Å²) in [5.41, 5.74) is 10.2. The molecule has 31 heavy (non-hydrogen) atoms. The number of hydrogen-bond acceptors (Lipinski definition) is 4. The number of amidine groups is 1. The van der Waals surface area contributed by atoms with Crippen LogP contribution in [-0.4, -0.2) is 28.7 Å². The van der Waals surface area contributed by atoms with Crippen molar-refractivity contribution in [1.29, 1.82) is 5.41 Å². The number of H-pyrrole nitrogens is 1. The predicted octanol–water partition coefficient (Wildman–Crippen LogP) is 3.80. The largest absolute Gasteiger partial charge is 0.497 e. The summed E-state index contributed by atoms with van der Waals surface area (Å²) >= 11 is 0. The number of fused-ring (bicyclic) bond motifs is 1. The van der Waals surface area contributed by atoms with E-state index in [9.17, 15) is 4.79 Å². The van der Waals surface area contributed by atoms with Crippen LogP contribution in [0.2, 0.25) is 0 Å². The molecule has 0 fully saturated rings. The number of nitrogens with two attached hydrogens (primary N) is 1. The summed E-state index contributed by atoms with van der Waals surface area (Å²) in [7, 11) is 1.63. The minimum absolute atomic E-state index is 0.0475. The lowest BCUT2D eigenvalue weighted by molar-refractivity contribution is -0.117. The van der Waals surface area contributed by atoms with Crippen molar-refractivity contribution in [3.05, 3.63) is 95.1 Å². The first-order valence-corrected chi connectivity index (χ1v) is 10.0. The van der Waals surface area contributed by atoms with Crippen molar-refractivity contribution in [2.45, 2.75) is 19.3 Å².